The quantitative estimate of drug-likeness (QED) is 0.764. The zero-order valence-corrected chi connectivity index (χ0v) is 9.66. The minimum atomic E-state index is -0.758. The summed E-state index contributed by atoms with van der Waals surface area (Å²) in [5, 5.41) is 11.5. The number of hydrogen-bond donors (Lipinski definition) is 2. The third-order valence-corrected chi connectivity index (χ3v) is 1.89. The fraction of sp³-hybridized carbons (Fsp3) is 0.308. The maximum absolute atomic E-state index is 10.4. The summed E-state index contributed by atoms with van der Waals surface area (Å²) in [6.07, 6.45) is 5.35. The molecule has 0 aliphatic carbocycles. The van der Waals surface area contributed by atoms with Crippen molar-refractivity contribution >= 4 is 11.7 Å². The van der Waals surface area contributed by atoms with E-state index >= 15 is 0 Å². The van der Waals surface area contributed by atoms with Crippen LogP contribution in [-0.2, 0) is 11.2 Å². The maximum Gasteiger partial charge on any atom is 0.303 e. The van der Waals surface area contributed by atoms with E-state index in [1.807, 2.05) is 31.3 Å². The zero-order chi connectivity index (χ0) is 12.4. The van der Waals surface area contributed by atoms with Crippen LogP contribution in [-0.4, -0.2) is 18.1 Å². The number of aryl methyl sites for hydroxylation is 1. The Balaban J connectivity index is 0.000000673. The summed E-state index contributed by atoms with van der Waals surface area (Å²) in [4.78, 5) is 10.4. The van der Waals surface area contributed by atoms with Crippen LogP contribution >= 0.6 is 0 Å². The van der Waals surface area contributed by atoms with Gasteiger partial charge in [-0.15, -0.1) is 12.3 Å². The third kappa shape index (κ3) is 5.71. The van der Waals surface area contributed by atoms with Crippen LogP contribution in [0.4, 0.5) is 5.69 Å². The van der Waals surface area contributed by atoms with Crippen molar-refractivity contribution in [2.45, 2.75) is 19.8 Å². The Kier molecular flexibility index (Phi) is 7.35. The summed E-state index contributed by atoms with van der Waals surface area (Å²) in [5.74, 6) is 1.49. The predicted octanol–water partition coefficient (Wildman–Crippen LogP) is 2.38. The van der Waals surface area contributed by atoms with E-state index in [-0.39, 0.29) is 6.42 Å². The second-order valence-corrected chi connectivity index (χ2v) is 3.09. The molecule has 0 atom stereocenters. The van der Waals surface area contributed by atoms with Crippen molar-refractivity contribution in [3.05, 3.63) is 29.8 Å². The fourth-order valence-corrected chi connectivity index (χ4v) is 1.22. The molecule has 0 aliphatic rings. The van der Waals surface area contributed by atoms with E-state index in [1.165, 1.54) is 0 Å². The van der Waals surface area contributed by atoms with E-state index in [1.54, 1.807) is 6.92 Å². The molecule has 0 bridgehead atoms. The number of carboxylic acid groups (broad SMARTS) is 1. The normalized spacial score (nSPS) is 8.31. The van der Waals surface area contributed by atoms with Gasteiger partial charge >= 0.3 is 5.97 Å². The summed E-state index contributed by atoms with van der Waals surface area (Å²) in [7, 11) is 1.83. The molecule has 0 saturated carbocycles. The van der Waals surface area contributed by atoms with Crippen molar-refractivity contribution in [2.24, 2.45) is 0 Å². The lowest BCUT2D eigenvalue weighted by molar-refractivity contribution is -0.136. The van der Waals surface area contributed by atoms with Crippen LogP contribution in [0.5, 0.6) is 0 Å². The first-order chi connectivity index (χ1) is 7.65. The number of hydrogen-bond acceptors (Lipinski definition) is 2. The first-order valence-corrected chi connectivity index (χ1v) is 5.00. The summed E-state index contributed by atoms with van der Waals surface area (Å²) in [6, 6.07) is 7.72. The standard InChI is InChI=1S/C10H13NO2.C3H4/c1-11-9-5-3-2-4-8(9)6-7-10(12)13;1-3-2/h2-5,11H,6-7H2,1H3,(H,12,13);1H,2H3. The molecule has 3 nitrogen and oxygen atoms in total. The molecule has 1 aromatic rings. The zero-order valence-electron chi connectivity index (χ0n) is 9.66. The molecular formula is C13H17NO2. The Labute approximate surface area is 96.5 Å². The van der Waals surface area contributed by atoms with Gasteiger partial charge in [-0.25, -0.2) is 0 Å². The van der Waals surface area contributed by atoms with E-state index < -0.39 is 5.97 Å². The number of para-hydroxylation sites is 1. The molecule has 0 heterocycles. The monoisotopic (exact) mass is 219 g/mol. The van der Waals surface area contributed by atoms with Gasteiger partial charge in [-0.3, -0.25) is 4.79 Å². The topological polar surface area (TPSA) is 49.3 Å². The van der Waals surface area contributed by atoms with Gasteiger partial charge in [-0.2, -0.15) is 0 Å². The van der Waals surface area contributed by atoms with Crippen LogP contribution in [0.15, 0.2) is 24.3 Å². The second-order valence-electron chi connectivity index (χ2n) is 3.09. The maximum atomic E-state index is 10.4. The summed E-state index contributed by atoms with van der Waals surface area (Å²) < 4.78 is 0. The van der Waals surface area contributed by atoms with Crippen LogP contribution in [0.3, 0.4) is 0 Å². The highest BCUT2D eigenvalue weighted by molar-refractivity contribution is 5.67. The van der Waals surface area contributed by atoms with Crippen molar-refractivity contribution in [1.29, 1.82) is 0 Å². The molecule has 3 heteroatoms. The second kappa shape index (κ2) is 8.37. The van der Waals surface area contributed by atoms with Gasteiger partial charge in [-0.1, -0.05) is 18.2 Å². The van der Waals surface area contributed by atoms with E-state index in [0.29, 0.717) is 6.42 Å². The molecule has 2 N–H and O–H groups in total. The van der Waals surface area contributed by atoms with Crippen molar-refractivity contribution in [3.8, 4) is 12.3 Å². The average molecular weight is 219 g/mol. The summed E-state index contributed by atoms with van der Waals surface area (Å²) in [6.45, 7) is 1.65. The molecule has 0 saturated heterocycles. The fourth-order valence-electron chi connectivity index (χ4n) is 1.22. The van der Waals surface area contributed by atoms with Gasteiger partial charge in [0.15, 0.2) is 0 Å². The Morgan fingerprint density at radius 1 is 1.50 bits per heavy atom. The number of anilines is 1. The predicted molar refractivity (Wildman–Crippen MR) is 66.5 cm³/mol. The number of nitrogens with one attached hydrogen (secondary N) is 1. The molecular weight excluding hydrogens is 202 g/mol. The lowest BCUT2D eigenvalue weighted by Crippen LogP contribution is -2.00. The van der Waals surface area contributed by atoms with E-state index in [0.717, 1.165) is 11.3 Å². The van der Waals surface area contributed by atoms with E-state index in [4.69, 9.17) is 5.11 Å². The van der Waals surface area contributed by atoms with Crippen molar-refractivity contribution < 1.29 is 9.90 Å². The van der Waals surface area contributed by atoms with Gasteiger partial charge in [0.2, 0.25) is 0 Å². The van der Waals surface area contributed by atoms with Crippen LogP contribution < -0.4 is 5.32 Å². The van der Waals surface area contributed by atoms with Gasteiger partial charge in [0.25, 0.3) is 0 Å². The van der Waals surface area contributed by atoms with Crippen LogP contribution in [0.25, 0.3) is 0 Å². The van der Waals surface area contributed by atoms with Crippen molar-refractivity contribution in [1.82, 2.24) is 0 Å². The summed E-state index contributed by atoms with van der Waals surface area (Å²) >= 11 is 0. The number of terminal acetylenes is 1. The smallest absolute Gasteiger partial charge is 0.303 e. The highest BCUT2D eigenvalue weighted by Gasteiger charge is 2.02. The van der Waals surface area contributed by atoms with Crippen LogP contribution in [0.1, 0.15) is 18.9 Å². The number of aliphatic carboxylic acids is 1. The molecule has 1 aromatic carbocycles. The Morgan fingerprint density at radius 2 is 2.06 bits per heavy atom. The van der Waals surface area contributed by atoms with Gasteiger partial charge in [-0.05, 0) is 25.0 Å². The van der Waals surface area contributed by atoms with E-state index in [9.17, 15) is 4.79 Å². The van der Waals surface area contributed by atoms with Crippen LogP contribution in [0, 0.1) is 12.3 Å². The molecule has 0 aromatic heterocycles. The minimum Gasteiger partial charge on any atom is -0.481 e. The molecule has 1 rings (SSSR count). The Bertz CT molecular complexity index is 366. The third-order valence-electron chi connectivity index (χ3n) is 1.89. The number of benzene rings is 1. The minimum absolute atomic E-state index is 0.179. The SMILES string of the molecule is C#CC.CNc1ccccc1CCC(=O)O. The van der Waals surface area contributed by atoms with E-state index in [2.05, 4.69) is 17.7 Å². The van der Waals surface area contributed by atoms with Gasteiger partial charge in [0, 0.05) is 19.2 Å². The Morgan fingerprint density at radius 3 is 2.56 bits per heavy atom. The molecule has 16 heavy (non-hydrogen) atoms. The average Bonchev–Trinajstić information content (AvgIpc) is 2.27. The molecule has 0 aliphatic heterocycles. The van der Waals surface area contributed by atoms with Crippen molar-refractivity contribution in [3.63, 3.8) is 0 Å². The molecule has 0 spiro atoms. The molecule has 0 amide bonds. The van der Waals surface area contributed by atoms with Crippen LogP contribution in [0.2, 0.25) is 0 Å². The number of carbonyl (C=O) groups is 1. The first kappa shape index (κ1) is 14.1. The van der Waals surface area contributed by atoms with Gasteiger partial charge in [0.05, 0.1) is 0 Å². The number of rotatable bonds is 4. The van der Waals surface area contributed by atoms with Gasteiger partial charge in [0.1, 0.15) is 0 Å². The highest BCUT2D eigenvalue weighted by Crippen LogP contribution is 2.15. The lowest BCUT2D eigenvalue weighted by atomic mass is 10.1. The summed E-state index contributed by atoms with van der Waals surface area (Å²) in [5.41, 5.74) is 2.05. The molecule has 0 fully saturated rings. The van der Waals surface area contributed by atoms with Crippen molar-refractivity contribution in [2.75, 3.05) is 12.4 Å². The highest BCUT2D eigenvalue weighted by atomic mass is 16.4. The largest absolute Gasteiger partial charge is 0.481 e. The first-order valence-electron chi connectivity index (χ1n) is 5.00. The molecule has 0 unspecified atom stereocenters. The Hall–Kier alpha value is -1.95. The molecule has 0 radical (unpaired) electrons. The lowest BCUT2D eigenvalue weighted by Gasteiger charge is -2.06. The molecule has 86 valence electrons. The number of carboxylic acids is 1. The van der Waals surface area contributed by atoms with Gasteiger partial charge < -0.3 is 10.4 Å².